The first-order chi connectivity index (χ1) is 17.5. The second-order valence-corrected chi connectivity index (χ2v) is 11.4. The highest BCUT2D eigenvalue weighted by molar-refractivity contribution is 7.92. The maximum Gasteiger partial charge on any atom is 0.264 e. The molecule has 8 heteroatoms. The van der Waals surface area contributed by atoms with E-state index in [-0.39, 0.29) is 10.9 Å². The van der Waals surface area contributed by atoms with Crippen LogP contribution in [-0.2, 0) is 14.8 Å². The van der Waals surface area contributed by atoms with Gasteiger partial charge in [-0.1, -0.05) is 49.7 Å². The normalized spacial score (nSPS) is 12.2. The van der Waals surface area contributed by atoms with Crippen molar-refractivity contribution in [2.45, 2.75) is 45.1 Å². The predicted octanol–water partition coefficient (Wildman–Crippen LogP) is 5.42. The Labute approximate surface area is 220 Å². The van der Waals surface area contributed by atoms with Gasteiger partial charge < -0.3 is 14.8 Å². The summed E-state index contributed by atoms with van der Waals surface area (Å²) in [4.78, 5) is 13.5. The van der Waals surface area contributed by atoms with E-state index in [1.165, 1.54) is 7.11 Å². The Balaban J connectivity index is 1.99. The molecule has 0 aliphatic carbocycles. The fourth-order valence-corrected chi connectivity index (χ4v) is 5.51. The highest BCUT2D eigenvalue weighted by Gasteiger charge is 2.30. The third-order valence-corrected chi connectivity index (χ3v) is 7.83. The number of sulfonamides is 1. The summed E-state index contributed by atoms with van der Waals surface area (Å²) < 4.78 is 39.6. The molecule has 3 aromatic carbocycles. The van der Waals surface area contributed by atoms with Gasteiger partial charge in [-0.05, 0) is 73.7 Å². The van der Waals surface area contributed by atoms with Crippen LogP contribution in [-0.4, -0.2) is 35.1 Å². The van der Waals surface area contributed by atoms with Crippen molar-refractivity contribution in [2.24, 2.45) is 5.92 Å². The van der Waals surface area contributed by atoms with Crippen LogP contribution in [0.15, 0.2) is 71.6 Å². The lowest BCUT2D eigenvalue weighted by atomic mass is 9.97. The van der Waals surface area contributed by atoms with Crippen LogP contribution in [0.1, 0.15) is 43.0 Å². The number of hydrogen-bond acceptors (Lipinski definition) is 5. The molecule has 0 spiro atoms. The van der Waals surface area contributed by atoms with Crippen LogP contribution in [0.2, 0.25) is 0 Å². The summed E-state index contributed by atoms with van der Waals surface area (Å²) in [5, 5.41) is 3.06. The Kier molecular flexibility index (Phi) is 9.21. The summed E-state index contributed by atoms with van der Waals surface area (Å²) in [5.41, 5.74) is 3.01. The molecule has 0 saturated heterocycles. The molecule has 1 amide bonds. The van der Waals surface area contributed by atoms with E-state index >= 15 is 0 Å². The topological polar surface area (TPSA) is 84.9 Å². The monoisotopic (exact) mass is 524 g/mol. The highest BCUT2D eigenvalue weighted by Crippen LogP contribution is 2.33. The molecule has 0 heterocycles. The van der Waals surface area contributed by atoms with Crippen LogP contribution in [0.3, 0.4) is 0 Å². The van der Waals surface area contributed by atoms with Gasteiger partial charge in [0.15, 0.2) is 0 Å². The minimum atomic E-state index is -4.07. The number of carbonyl (C=O) groups excluding carboxylic acids is 1. The van der Waals surface area contributed by atoms with E-state index in [0.717, 1.165) is 26.7 Å². The molecule has 0 aliphatic rings. The number of hydrogen-bond donors (Lipinski definition) is 1. The molecule has 198 valence electrons. The lowest BCUT2D eigenvalue weighted by Gasteiger charge is -2.28. The second kappa shape index (κ2) is 12.1. The van der Waals surface area contributed by atoms with Crippen molar-refractivity contribution in [3.05, 3.63) is 83.4 Å². The van der Waals surface area contributed by atoms with Crippen LogP contribution < -0.4 is 19.1 Å². The second-order valence-electron chi connectivity index (χ2n) is 9.52. The maximum atomic E-state index is 13.8. The molecule has 0 aliphatic heterocycles. The number of rotatable bonds is 11. The fourth-order valence-electron chi connectivity index (χ4n) is 4.09. The lowest BCUT2D eigenvalue weighted by molar-refractivity contribution is -0.120. The molecule has 0 saturated carbocycles. The Morgan fingerprint density at radius 1 is 0.892 bits per heavy atom. The van der Waals surface area contributed by atoms with Gasteiger partial charge >= 0.3 is 0 Å². The molecule has 0 fully saturated rings. The van der Waals surface area contributed by atoms with Crippen molar-refractivity contribution < 1.29 is 22.7 Å². The van der Waals surface area contributed by atoms with Crippen molar-refractivity contribution in [1.82, 2.24) is 5.32 Å². The van der Waals surface area contributed by atoms with Gasteiger partial charge in [-0.2, -0.15) is 0 Å². The molecule has 7 nitrogen and oxygen atoms in total. The summed E-state index contributed by atoms with van der Waals surface area (Å²) in [6.45, 7) is 7.50. The number of nitrogens with zero attached hydrogens (tertiary/aromatic N) is 1. The zero-order chi connectivity index (χ0) is 27.2. The Hall–Kier alpha value is -3.52. The van der Waals surface area contributed by atoms with Crippen molar-refractivity contribution in [1.29, 1.82) is 0 Å². The summed E-state index contributed by atoms with van der Waals surface area (Å²) in [6, 6.07) is 19.1. The van der Waals surface area contributed by atoms with E-state index in [1.807, 2.05) is 44.2 Å². The number of carbonyl (C=O) groups is 1. The quantitative estimate of drug-likeness (QED) is 0.362. The Morgan fingerprint density at radius 3 is 2.08 bits per heavy atom. The first-order valence-corrected chi connectivity index (χ1v) is 13.7. The summed E-state index contributed by atoms with van der Waals surface area (Å²) >= 11 is 0. The number of aryl methyl sites for hydroxylation is 2. The van der Waals surface area contributed by atoms with Crippen molar-refractivity contribution in [3.63, 3.8) is 0 Å². The van der Waals surface area contributed by atoms with Crippen LogP contribution in [0.4, 0.5) is 5.69 Å². The SMILES string of the molecule is COc1ccc([C@@H](CC(C)C)NC(=O)CN(c2cc(C)ccc2OC)S(=O)(=O)c2ccc(C)cc2)cc1. The summed E-state index contributed by atoms with van der Waals surface area (Å²) in [7, 11) is -0.990. The minimum absolute atomic E-state index is 0.100. The molecular formula is C29H36N2O5S. The van der Waals surface area contributed by atoms with Gasteiger partial charge in [-0.15, -0.1) is 0 Å². The molecule has 3 rings (SSSR count). The van der Waals surface area contributed by atoms with Gasteiger partial charge in [0.2, 0.25) is 5.91 Å². The fraction of sp³-hybridized carbons (Fsp3) is 0.345. The van der Waals surface area contributed by atoms with Gasteiger partial charge in [-0.25, -0.2) is 8.42 Å². The highest BCUT2D eigenvalue weighted by atomic mass is 32.2. The van der Waals surface area contributed by atoms with Crippen molar-refractivity contribution >= 4 is 21.6 Å². The van der Waals surface area contributed by atoms with E-state index in [2.05, 4.69) is 19.2 Å². The van der Waals surface area contributed by atoms with Gasteiger partial charge in [0.05, 0.1) is 30.8 Å². The standard InChI is InChI=1S/C29H36N2O5S/c1-20(2)17-26(23-10-12-24(35-5)13-11-23)30-29(32)19-31(27-18-22(4)9-16-28(27)36-6)37(33,34)25-14-7-21(3)8-15-25/h7-16,18,20,26H,17,19H2,1-6H3,(H,30,32)/t26-/m1/s1. The Morgan fingerprint density at radius 2 is 1.51 bits per heavy atom. The molecule has 0 aromatic heterocycles. The van der Waals surface area contributed by atoms with E-state index in [1.54, 1.807) is 43.5 Å². The number of ether oxygens (including phenoxy) is 2. The predicted molar refractivity (Wildman–Crippen MR) is 147 cm³/mol. The van der Waals surface area contributed by atoms with Crippen LogP contribution >= 0.6 is 0 Å². The molecule has 3 aromatic rings. The van der Waals surface area contributed by atoms with Crippen molar-refractivity contribution in [3.8, 4) is 11.5 Å². The van der Waals surface area contributed by atoms with Crippen molar-refractivity contribution in [2.75, 3.05) is 25.1 Å². The molecule has 37 heavy (non-hydrogen) atoms. The molecule has 1 N–H and O–H groups in total. The summed E-state index contributed by atoms with van der Waals surface area (Å²) in [5.74, 6) is 0.973. The molecular weight excluding hydrogens is 488 g/mol. The molecule has 1 atom stereocenters. The van der Waals surface area contributed by atoms with Gasteiger partial charge in [0, 0.05) is 0 Å². The van der Waals surface area contributed by atoms with E-state index in [4.69, 9.17) is 9.47 Å². The van der Waals surface area contributed by atoms with E-state index < -0.39 is 22.5 Å². The third kappa shape index (κ3) is 7.04. The lowest BCUT2D eigenvalue weighted by Crippen LogP contribution is -2.42. The van der Waals surface area contributed by atoms with Crippen LogP contribution in [0.5, 0.6) is 11.5 Å². The first kappa shape index (κ1) is 28.1. The minimum Gasteiger partial charge on any atom is -0.497 e. The first-order valence-electron chi connectivity index (χ1n) is 12.2. The summed E-state index contributed by atoms with van der Waals surface area (Å²) in [6.07, 6.45) is 0.691. The number of amides is 1. The Bertz CT molecular complexity index is 1300. The molecule has 0 radical (unpaired) electrons. The zero-order valence-electron chi connectivity index (χ0n) is 22.3. The number of benzene rings is 3. The average Bonchev–Trinajstić information content (AvgIpc) is 2.87. The third-order valence-electron chi connectivity index (χ3n) is 6.06. The maximum absolute atomic E-state index is 13.8. The average molecular weight is 525 g/mol. The molecule has 0 bridgehead atoms. The number of anilines is 1. The van der Waals surface area contributed by atoms with Crippen LogP contribution in [0.25, 0.3) is 0 Å². The smallest absolute Gasteiger partial charge is 0.264 e. The number of nitrogens with one attached hydrogen (secondary N) is 1. The number of methoxy groups -OCH3 is 2. The largest absolute Gasteiger partial charge is 0.497 e. The van der Waals surface area contributed by atoms with E-state index in [9.17, 15) is 13.2 Å². The van der Waals surface area contributed by atoms with Crippen LogP contribution in [0, 0.1) is 19.8 Å². The molecule has 0 unspecified atom stereocenters. The van der Waals surface area contributed by atoms with Gasteiger partial charge in [-0.3, -0.25) is 9.10 Å². The van der Waals surface area contributed by atoms with Gasteiger partial charge in [0.25, 0.3) is 10.0 Å². The zero-order valence-corrected chi connectivity index (χ0v) is 23.1. The van der Waals surface area contributed by atoms with Gasteiger partial charge in [0.1, 0.15) is 18.0 Å². The van der Waals surface area contributed by atoms with E-state index in [0.29, 0.717) is 23.8 Å².